The number of fused-ring (bicyclic) bond motifs is 10. The Balaban J connectivity index is 1.11. The Bertz CT molecular complexity index is 3190. The summed E-state index contributed by atoms with van der Waals surface area (Å²) in [5.74, 6) is 0. The third-order valence-corrected chi connectivity index (χ3v) is 11.0. The Hall–Kier alpha value is -7.16. The molecular formula is C52H33NO. The molecule has 0 spiro atoms. The Labute approximate surface area is 312 Å². The van der Waals surface area contributed by atoms with Crippen molar-refractivity contribution in [3.05, 3.63) is 200 Å². The highest BCUT2D eigenvalue weighted by molar-refractivity contribution is 6.24. The smallest absolute Gasteiger partial charge is 0.137 e. The van der Waals surface area contributed by atoms with E-state index in [0.29, 0.717) is 0 Å². The highest BCUT2D eigenvalue weighted by Gasteiger charge is 2.21. The molecule has 0 bridgehead atoms. The topological polar surface area (TPSA) is 16.4 Å². The van der Waals surface area contributed by atoms with Gasteiger partial charge in [-0.1, -0.05) is 152 Å². The summed E-state index contributed by atoms with van der Waals surface area (Å²) >= 11 is 0. The summed E-state index contributed by atoms with van der Waals surface area (Å²) in [6, 6.07) is 72.2. The minimum Gasteiger partial charge on any atom is -0.456 e. The third kappa shape index (κ3) is 4.81. The fourth-order valence-electron chi connectivity index (χ4n) is 8.52. The predicted octanol–water partition coefficient (Wildman–Crippen LogP) is 15.0. The molecule has 0 aliphatic carbocycles. The molecule has 0 saturated heterocycles. The molecule has 0 N–H and O–H groups in total. The molecular weight excluding hydrogens is 655 g/mol. The van der Waals surface area contributed by atoms with Gasteiger partial charge in [-0.25, -0.2) is 0 Å². The Morgan fingerprint density at radius 2 is 0.852 bits per heavy atom. The lowest BCUT2D eigenvalue weighted by Crippen LogP contribution is -2.10. The van der Waals surface area contributed by atoms with Gasteiger partial charge in [0.05, 0.1) is 11.1 Å². The van der Waals surface area contributed by atoms with Crippen LogP contribution < -0.4 is 4.90 Å². The van der Waals surface area contributed by atoms with Crippen LogP contribution in [0.4, 0.5) is 17.1 Å². The van der Waals surface area contributed by atoms with Crippen LogP contribution in [-0.4, -0.2) is 0 Å². The molecule has 0 amide bonds. The van der Waals surface area contributed by atoms with Crippen molar-refractivity contribution < 1.29 is 4.42 Å². The number of benzene rings is 10. The van der Waals surface area contributed by atoms with Gasteiger partial charge >= 0.3 is 0 Å². The zero-order chi connectivity index (χ0) is 35.6. The highest BCUT2D eigenvalue weighted by atomic mass is 16.3. The first kappa shape index (κ1) is 30.5. The first-order valence-corrected chi connectivity index (χ1v) is 18.5. The van der Waals surface area contributed by atoms with Crippen molar-refractivity contribution >= 4 is 82.1 Å². The maximum atomic E-state index is 6.55. The third-order valence-electron chi connectivity index (χ3n) is 11.0. The number of hydrogen-bond acceptors (Lipinski definition) is 2. The zero-order valence-corrected chi connectivity index (χ0v) is 29.4. The van der Waals surface area contributed by atoms with Gasteiger partial charge in [-0.3, -0.25) is 0 Å². The number of rotatable bonds is 5. The monoisotopic (exact) mass is 687 g/mol. The lowest BCUT2D eigenvalue weighted by molar-refractivity contribution is 0.669. The van der Waals surface area contributed by atoms with E-state index in [9.17, 15) is 0 Å². The molecule has 1 aromatic heterocycles. The average molecular weight is 688 g/mol. The van der Waals surface area contributed by atoms with Crippen molar-refractivity contribution in [1.82, 2.24) is 0 Å². The Morgan fingerprint density at radius 1 is 0.315 bits per heavy atom. The maximum Gasteiger partial charge on any atom is 0.137 e. The fourth-order valence-corrected chi connectivity index (χ4v) is 8.52. The van der Waals surface area contributed by atoms with Crippen LogP contribution in [0.5, 0.6) is 0 Å². The summed E-state index contributed by atoms with van der Waals surface area (Å²) in [4.78, 5) is 2.38. The molecule has 11 aromatic rings. The second-order valence-electron chi connectivity index (χ2n) is 14.1. The van der Waals surface area contributed by atoms with Crippen LogP contribution in [0.1, 0.15) is 0 Å². The van der Waals surface area contributed by atoms with Crippen molar-refractivity contribution in [3.8, 4) is 22.3 Å². The molecule has 2 heteroatoms. The van der Waals surface area contributed by atoms with Gasteiger partial charge in [-0.15, -0.1) is 0 Å². The summed E-state index contributed by atoms with van der Waals surface area (Å²) < 4.78 is 6.55. The van der Waals surface area contributed by atoms with Gasteiger partial charge in [0.15, 0.2) is 0 Å². The molecule has 0 unspecified atom stereocenters. The molecule has 54 heavy (non-hydrogen) atoms. The van der Waals surface area contributed by atoms with Crippen LogP contribution in [0, 0.1) is 0 Å². The normalized spacial score (nSPS) is 11.7. The largest absolute Gasteiger partial charge is 0.456 e. The number of nitrogens with zero attached hydrogens (tertiary/aromatic N) is 1. The van der Waals surface area contributed by atoms with E-state index < -0.39 is 0 Å². The molecule has 10 aromatic carbocycles. The van der Waals surface area contributed by atoms with E-state index in [1.165, 1.54) is 65.3 Å². The van der Waals surface area contributed by atoms with E-state index >= 15 is 0 Å². The minimum atomic E-state index is 0.872. The quantitative estimate of drug-likeness (QED) is 0.168. The summed E-state index contributed by atoms with van der Waals surface area (Å²) in [6.45, 7) is 0. The Kier molecular flexibility index (Phi) is 6.90. The summed E-state index contributed by atoms with van der Waals surface area (Å²) in [7, 11) is 0. The average Bonchev–Trinajstić information content (AvgIpc) is 3.64. The lowest BCUT2D eigenvalue weighted by Gasteiger charge is -2.27. The van der Waals surface area contributed by atoms with Crippen molar-refractivity contribution in [2.24, 2.45) is 0 Å². The molecule has 2 nitrogen and oxygen atoms in total. The van der Waals surface area contributed by atoms with Crippen LogP contribution in [0.3, 0.4) is 0 Å². The van der Waals surface area contributed by atoms with E-state index in [0.717, 1.165) is 39.0 Å². The van der Waals surface area contributed by atoms with Crippen LogP contribution in [-0.2, 0) is 0 Å². The van der Waals surface area contributed by atoms with E-state index in [2.05, 4.69) is 205 Å². The molecule has 1 heterocycles. The molecule has 252 valence electrons. The summed E-state index contributed by atoms with van der Waals surface area (Å²) in [5, 5.41) is 12.3. The molecule has 0 aliphatic heterocycles. The van der Waals surface area contributed by atoms with Gasteiger partial charge < -0.3 is 9.32 Å². The summed E-state index contributed by atoms with van der Waals surface area (Å²) in [5.41, 5.74) is 9.78. The molecule has 0 radical (unpaired) electrons. The molecule has 11 rings (SSSR count). The first-order chi connectivity index (χ1) is 26.8. The number of anilines is 3. The van der Waals surface area contributed by atoms with Crippen LogP contribution in [0.15, 0.2) is 205 Å². The molecule has 0 saturated carbocycles. The molecule has 0 fully saturated rings. The standard InChI is InChI=1S/C52H33NO/c1-2-11-34(12-3-1)35-23-28-40(29-24-35)53(47-19-10-20-48-52(47)51-43-16-7-5-14-37(43)27-32-49(51)54-48)41-30-25-38(26-31-41)46-33-39-22-21-36-13-4-6-15-42(36)50(39)45-18-9-8-17-44(45)46/h1-33H. The second kappa shape index (κ2) is 12.2. The van der Waals surface area contributed by atoms with E-state index in [1.54, 1.807) is 0 Å². The van der Waals surface area contributed by atoms with Gasteiger partial charge in [0, 0.05) is 16.8 Å². The predicted molar refractivity (Wildman–Crippen MR) is 229 cm³/mol. The SMILES string of the molecule is c1ccc(-c2ccc(N(c3ccc(-c4cc5ccc6ccccc6c5c5ccccc45)cc3)c3cccc4oc5ccc6ccccc6c5c34)cc2)cc1. The van der Waals surface area contributed by atoms with Gasteiger partial charge in [-0.05, 0) is 114 Å². The van der Waals surface area contributed by atoms with Crippen LogP contribution in [0.2, 0.25) is 0 Å². The van der Waals surface area contributed by atoms with E-state index in [-0.39, 0.29) is 0 Å². The maximum absolute atomic E-state index is 6.55. The van der Waals surface area contributed by atoms with Gasteiger partial charge in [0.1, 0.15) is 11.2 Å². The van der Waals surface area contributed by atoms with Gasteiger partial charge in [0.25, 0.3) is 0 Å². The van der Waals surface area contributed by atoms with Crippen LogP contribution in [0.25, 0.3) is 87.3 Å². The van der Waals surface area contributed by atoms with Crippen molar-refractivity contribution in [3.63, 3.8) is 0 Å². The van der Waals surface area contributed by atoms with Crippen molar-refractivity contribution in [2.45, 2.75) is 0 Å². The molecule has 0 atom stereocenters. The number of furan rings is 1. The minimum absolute atomic E-state index is 0.872. The zero-order valence-electron chi connectivity index (χ0n) is 29.4. The second-order valence-corrected chi connectivity index (χ2v) is 14.1. The van der Waals surface area contributed by atoms with Crippen LogP contribution >= 0.6 is 0 Å². The van der Waals surface area contributed by atoms with Crippen molar-refractivity contribution in [1.29, 1.82) is 0 Å². The fraction of sp³-hybridized carbons (Fsp3) is 0. The highest BCUT2D eigenvalue weighted by Crippen LogP contribution is 2.46. The van der Waals surface area contributed by atoms with E-state index in [1.807, 2.05) is 0 Å². The summed E-state index contributed by atoms with van der Waals surface area (Å²) in [6.07, 6.45) is 0. The number of hydrogen-bond donors (Lipinski definition) is 0. The first-order valence-electron chi connectivity index (χ1n) is 18.5. The lowest BCUT2D eigenvalue weighted by atomic mass is 9.90. The van der Waals surface area contributed by atoms with Gasteiger partial charge in [0.2, 0.25) is 0 Å². The Morgan fingerprint density at radius 3 is 1.57 bits per heavy atom. The molecule has 0 aliphatic rings. The van der Waals surface area contributed by atoms with E-state index in [4.69, 9.17) is 4.42 Å². The van der Waals surface area contributed by atoms with Gasteiger partial charge in [-0.2, -0.15) is 0 Å². The van der Waals surface area contributed by atoms with Crippen molar-refractivity contribution in [2.75, 3.05) is 4.90 Å².